The van der Waals surface area contributed by atoms with Gasteiger partial charge in [-0.05, 0) is 93.4 Å². The summed E-state index contributed by atoms with van der Waals surface area (Å²) in [6, 6.07) is 16.3. The predicted molar refractivity (Wildman–Crippen MR) is 255 cm³/mol. The topological polar surface area (TPSA) is 180 Å². The maximum absolute atomic E-state index is 14.3. The zero-order chi connectivity index (χ0) is 45.9. The van der Waals surface area contributed by atoms with Crippen molar-refractivity contribution in [2.75, 3.05) is 64.0 Å². The number of thiazole rings is 1. The predicted octanol–water partition coefficient (Wildman–Crippen LogP) is 7.30. The van der Waals surface area contributed by atoms with E-state index in [9.17, 15) is 19.8 Å². The number of aryl methyl sites for hydroxylation is 2. The Labute approximate surface area is 392 Å². The lowest BCUT2D eigenvalue weighted by molar-refractivity contribution is -0.141. The Hall–Kier alpha value is -5.46. The summed E-state index contributed by atoms with van der Waals surface area (Å²) < 4.78 is 17.8. The molecule has 3 N–H and O–H groups in total. The van der Waals surface area contributed by atoms with E-state index in [1.165, 1.54) is 15.3 Å². The Bertz CT molecular complexity index is 2650. The first kappa shape index (κ1) is 45.7. The molecule has 0 aliphatic carbocycles. The van der Waals surface area contributed by atoms with Gasteiger partial charge >= 0.3 is 0 Å². The number of benzene rings is 2. The number of phenolic OH excluding ortho intramolecular Hbond substituents is 1. The molecule has 0 radical (unpaired) electrons. The number of β-amino-alcohol motifs (C(OH)–C–C–N with tert-alkyl or cyclic N) is 1. The summed E-state index contributed by atoms with van der Waals surface area (Å²) in [5.74, 6) is 1.03. The maximum atomic E-state index is 14.3. The molecule has 0 unspecified atom stereocenters. The Morgan fingerprint density at radius 2 is 1.82 bits per heavy atom. The molecule has 66 heavy (non-hydrogen) atoms. The van der Waals surface area contributed by atoms with Gasteiger partial charge in [0.05, 0.1) is 47.7 Å². The zero-order valence-electron chi connectivity index (χ0n) is 37.9. The number of aliphatic hydroxyl groups excluding tert-OH is 1. The molecule has 7 heterocycles. The molecule has 3 aliphatic heterocycles. The molecule has 3 atom stereocenters. The third-order valence-corrected chi connectivity index (χ3v) is 15.6. The van der Waals surface area contributed by atoms with E-state index in [2.05, 4.69) is 48.4 Å². The number of aromatic nitrogens is 4. The number of anilines is 1. The number of fused-ring (bicyclic) bond motifs is 1. The van der Waals surface area contributed by atoms with E-state index >= 15 is 0 Å². The minimum Gasteiger partial charge on any atom is -0.507 e. The van der Waals surface area contributed by atoms with Crippen molar-refractivity contribution in [1.82, 2.24) is 35.5 Å². The summed E-state index contributed by atoms with van der Waals surface area (Å²) in [5, 5.41) is 38.7. The number of hydrogen-bond acceptors (Lipinski definition) is 15. The maximum Gasteiger partial charge on any atom is 0.243 e. The smallest absolute Gasteiger partial charge is 0.243 e. The zero-order valence-corrected chi connectivity index (χ0v) is 39.6. The number of amides is 2. The van der Waals surface area contributed by atoms with Crippen molar-refractivity contribution in [3.05, 3.63) is 87.6 Å². The van der Waals surface area contributed by atoms with Crippen molar-refractivity contribution in [3.8, 4) is 33.2 Å². The number of hydrogen-bond donors (Lipinski definition) is 3. The molecule has 2 amide bonds. The molecule has 17 heteroatoms. The Morgan fingerprint density at radius 3 is 2.58 bits per heavy atom. The molecule has 4 aromatic heterocycles. The van der Waals surface area contributed by atoms with Crippen LogP contribution in [0.2, 0.25) is 0 Å². The Kier molecular flexibility index (Phi) is 14.0. The number of morpholine rings is 1. The van der Waals surface area contributed by atoms with Gasteiger partial charge in [-0.3, -0.25) is 9.59 Å². The van der Waals surface area contributed by atoms with Crippen LogP contribution >= 0.6 is 22.7 Å². The summed E-state index contributed by atoms with van der Waals surface area (Å²) in [5.41, 5.74) is 7.21. The number of piperidine rings is 1. The second kappa shape index (κ2) is 20.2. The third-order valence-electron chi connectivity index (χ3n) is 13.2. The Morgan fingerprint density at radius 1 is 1.02 bits per heavy atom. The molecule has 9 rings (SSSR count). The second-order valence-electron chi connectivity index (χ2n) is 18.0. The van der Waals surface area contributed by atoms with E-state index in [1.54, 1.807) is 34.8 Å². The second-order valence-corrected chi connectivity index (χ2v) is 19.9. The standard InChI is InChI=1S/C49H58N8O7S2/c1-29(2)44(42-25-43(54-64-42)56-17-20-62-21-18-56)49(61)57-27-35(58)23-39(57)47(60)50-26-34-11-10-33(46-31(4)51-28-65-46)22-41(34)63-19-7-14-55-15-12-32(13-16-55)45-30(3)37-24-38(52-53-48(37)66-45)36-8-5-6-9-40(36)59/h5-6,8-11,22,24-25,28-29,32,35,39,44,58-59H,7,12-21,23,26-27H2,1-4H3,(H,50,60)/t35-,39+,44-/m1/s1. The average molecular weight is 935 g/mol. The van der Waals surface area contributed by atoms with Crippen molar-refractivity contribution in [1.29, 1.82) is 0 Å². The fraction of sp³-hybridized carbons (Fsp3) is 0.469. The summed E-state index contributed by atoms with van der Waals surface area (Å²) >= 11 is 3.32. The highest BCUT2D eigenvalue weighted by molar-refractivity contribution is 7.19. The first-order valence-corrected chi connectivity index (χ1v) is 24.7. The molecular weight excluding hydrogens is 877 g/mol. The van der Waals surface area contributed by atoms with Crippen molar-refractivity contribution in [2.24, 2.45) is 5.92 Å². The number of ether oxygens (including phenoxy) is 2. The lowest BCUT2D eigenvalue weighted by Gasteiger charge is -2.31. The van der Waals surface area contributed by atoms with Gasteiger partial charge in [0.1, 0.15) is 28.3 Å². The summed E-state index contributed by atoms with van der Waals surface area (Å²) in [6.07, 6.45) is 2.26. The largest absolute Gasteiger partial charge is 0.507 e. The van der Waals surface area contributed by atoms with Crippen molar-refractivity contribution < 1.29 is 33.8 Å². The lowest BCUT2D eigenvalue weighted by atomic mass is 9.91. The van der Waals surface area contributed by atoms with Crippen LogP contribution in [-0.4, -0.2) is 123 Å². The van der Waals surface area contributed by atoms with E-state index in [0.717, 1.165) is 70.8 Å². The minimum absolute atomic E-state index is 0.0577. The number of thiophene rings is 1. The first-order valence-electron chi connectivity index (χ1n) is 23.0. The number of para-hydroxylation sites is 1. The molecule has 3 aliphatic rings. The van der Waals surface area contributed by atoms with Crippen LogP contribution in [0.4, 0.5) is 5.82 Å². The number of nitrogens with one attached hydrogen (secondary N) is 1. The van der Waals surface area contributed by atoms with Crippen LogP contribution in [0.5, 0.6) is 11.5 Å². The van der Waals surface area contributed by atoms with E-state index in [1.807, 2.05) is 62.7 Å². The summed E-state index contributed by atoms with van der Waals surface area (Å²) in [7, 11) is 0. The summed E-state index contributed by atoms with van der Waals surface area (Å²) in [6.45, 7) is 14.3. The third kappa shape index (κ3) is 9.81. The molecule has 15 nitrogen and oxygen atoms in total. The normalized spacial score (nSPS) is 18.9. The van der Waals surface area contributed by atoms with Crippen LogP contribution in [0.15, 0.2) is 64.6 Å². The van der Waals surface area contributed by atoms with E-state index in [0.29, 0.717) is 67.4 Å². The van der Waals surface area contributed by atoms with Crippen LogP contribution in [0.3, 0.4) is 0 Å². The van der Waals surface area contributed by atoms with E-state index in [-0.39, 0.29) is 43.0 Å². The molecule has 3 fully saturated rings. The fourth-order valence-corrected chi connectivity index (χ4v) is 11.7. The lowest BCUT2D eigenvalue weighted by Crippen LogP contribution is -2.48. The van der Waals surface area contributed by atoms with Crippen molar-refractivity contribution >= 4 is 50.5 Å². The highest BCUT2D eigenvalue weighted by atomic mass is 32.1. The number of aliphatic hydroxyl groups is 1. The molecule has 6 aromatic rings. The first-order chi connectivity index (χ1) is 32.0. The molecule has 348 valence electrons. The van der Waals surface area contributed by atoms with Crippen LogP contribution in [-0.2, 0) is 20.9 Å². The van der Waals surface area contributed by atoms with Crippen molar-refractivity contribution in [2.45, 2.75) is 83.9 Å². The van der Waals surface area contributed by atoms with Gasteiger partial charge in [-0.25, -0.2) is 4.98 Å². The number of carbonyl (C=O) groups excluding carboxylic acids is 2. The van der Waals surface area contributed by atoms with Gasteiger partial charge in [0.2, 0.25) is 11.8 Å². The number of likely N-dealkylation sites (tertiary alicyclic amines) is 2. The fourth-order valence-electron chi connectivity index (χ4n) is 9.58. The van der Waals surface area contributed by atoms with Gasteiger partial charge in [-0.15, -0.1) is 32.9 Å². The highest BCUT2D eigenvalue weighted by Gasteiger charge is 2.43. The van der Waals surface area contributed by atoms with Gasteiger partial charge in [0, 0.05) is 66.6 Å². The molecule has 3 saturated heterocycles. The molecule has 2 aromatic carbocycles. The van der Waals surface area contributed by atoms with Gasteiger partial charge in [0.15, 0.2) is 11.6 Å². The summed E-state index contributed by atoms with van der Waals surface area (Å²) in [4.78, 5) is 42.2. The minimum atomic E-state index is -0.845. The number of nitrogens with zero attached hydrogens (tertiary/aromatic N) is 7. The van der Waals surface area contributed by atoms with E-state index < -0.39 is 18.1 Å². The van der Waals surface area contributed by atoms with Gasteiger partial charge in [-0.1, -0.05) is 43.3 Å². The number of phenols is 1. The van der Waals surface area contributed by atoms with Crippen LogP contribution in [0.25, 0.3) is 31.9 Å². The van der Waals surface area contributed by atoms with Crippen molar-refractivity contribution in [3.63, 3.8) is 0 Å². The van der Waals surface area contributed by atoms with Gasteiger partial charge in [0.25, 0.3) is 0 Å². The Balaban J connectivity index is 0.816. The molecule has 0 saturated carbocycles. The molecular formula is C49H58N8O7S2. The van der Waals surface area contributed by atoms with E-state index in [4.69, 9.17) is 14.0 Å². The van der Waals surface area contributed by atoms with Crippen LogP contribution in [0.1, 0.15) is 78.8 Å². The quantitative estimate of drug-likeness (QED) is 0.0875. The SMILES string of the molecule is Cc1ncsc1-c1ccc(CNC(=O)[C@@H]2C[C@@H](O)CN2C(=O)[C@@H](c2cc(N3CCOCC3)no2)C(C)C)c(OCCCN2CCC(c3sc4nnc(-c5ccccc5O)cc4c3C)CC2)c1. The highest BCUT2D eigenvalue weighted by Crippen LogP contribution is 2.41. The number of aromatic hydroxyl groups is 1. The number of carbonyl (C=O) groups is 2. The van der Waals surface area contributed by atoms with Crippen LogP contribution in [0, 0.1) is 19.8 Å². The number of rotatable bonds is 15. The van der Waals surface area contributed by atoms with Crippen LogP contribution < -0.4 is 15.0 Å². The monoisotopic (exact) mass is 934 g/mol. The van der Waals surface area contributed by atoms with Gasteiger partial charge in [-0.2, -0.15) is 0 Å². The molecule has 0 spiro atoms. The molecule has 0 bridgehead atoms. The van der Waals surface area contributed by atoms with Gasteiger partial charge < -0.3 is 44.2 Å². The average Bonchev–Trinajstić information content (AvgIpc) is 4.14.